The van der Waals surface area contributed by atoms with Crippen molar-refractivity contribution < 1.29 is 14.6 Å². The van der Waals surface area contributed by atoms with Crippen molar-refractivity contribution in [1.29, 1.82) is 0 Å². The van der Waals surface area contributed by atoms with Gasteiger partial charge < -0.3 is 9.84 Å². The van der Waals surface area contributed by atoms with Crippen LogP contribution in [0, 0.1) is 0 Å². The molecule has 0 bridgehead atoms. The van der Waals surface area contributed by atoms with Gasteiger partial charge in [-0.05, 0) is 26.2 Å². The number of carboxylic acids is 1. The highest BCUT2D eigenvalue weighted by Gasteiger charge is 2.29. The van der Waals surface area contributed by atoms with E-state index in [2.05, 4.69) is 11.8 Å². The number of carboxylic acid groups (broad SMARTS) is 1. The molecule has 1 heterocycles. The summed E-state index contributed by atoms with van der Waals surface area (Å²) in [5.74, 6) is -0.673. The molecule has 1 atom stereocenters. The third-order valence-electron chi connectivity index (χ3n) is 3.44. The summed E-state index contributed by atoms with van der Waals surface area (Å²) in [7, 11) is 0. The fourth-order valence-corrected chi connectivity index (χ4v) is 2.45. The molecule has 1 aliphatic rings. The van der Waals surface area contributed by atoms with Gasteiger partial charge in [-0.1, -0.05) is 19.8 Å². The van der Waals surface area contributed by atoms with Crippen molar-refractivity contribution in [2.75, 3.05) is 19.7 Å². The fourth-order valence-electron chi connectivity index (χ4n) is 2.45. The van der Waals surface area contributed by atoms with Crippen molar-refractivity contribution >= 4 is 5.97 Å². The van der Waals surface area contributed by atoms with Gasteiger partial charge in [0.1, 0.15) is 6.04 Å². The number of hydrogen-bond acceptors (Lipinski definition) is 3. The van der Waals surface area contributed by atoms with Crippen molar-refractivity contribution in [2.45, 2.75) is 58.1 Å². The zero-order valence-electron chi connectivity index (χ0n) is 11.0. The molecule has 1 unspecified atom stereocenters. The average molecular weight is 243 g/mol. The number of hydrogen-bond donors (Lipinski definition) is 1. The average Bonchev–Trinajstić information content (AvgIpc) is 2.31. The Balaban J connectivity index is 2.40. The molecule has 0 spiro atoms. The maximum Gasteiger partial charge on any atom is 0.320 e. The summed E-state index contributed by atoms with van der Waals surface area (Å²) in [6, 6.07) is -0.294. The van der Waals surface area contributed by atoms with Crippen molar-refractivity contribution in [3.8, 4) is 0 Å². The van der Waals surface area contributed by atoms with Crippen LogP contribution in [0.1, 0.15) is 46.0 Å². The molecule has 4 heteroatoms. The van der Waals surface area contributed by atoms with E-state index < -0.39 is 5.97 Å². The Kier molecular flexibility index (Phi) is 6.52. The maximum atomic E-state index is 11.2. The van der Waals surface area contributed by atoms with Gasteiger partial charge in [-0.15, -0.1) is 0 Å². The lowest BCUT2D eigenvalue weighted by atomic mass is 10.0. The molecule has 1 fully saturated rings. The van der Waals surface area contributed by atoms with Crippen LogP contribution < -0.4 is 0 Å². The minimum absolute atomic E-state index is 0.294. The molecule has 0 saturated carbocycles. The zero-order valence-corrected chi connectivity index (χ0v) is 11.0. The lowest BCUT2D eigenvalue weighted by Crippen LogP contribution is -2.47. The van der Waals surface area contributed by atoms with E-state index in [1.165, 1.54) is 0 Å². The van der Waals surface area contributed by atoms with Gasteiger partial charge in [-0.3, -0.25) is 9.69 Å². The summed E-state index contributed by atoms with van der Waals surface area (Å²) in [4.78, 5) is 13.3. The Bertz CT molecular complexity index is 225. The van der Waals surface area contributed by atoms with Gasteiger partial charge in [0.25, 0.3) is 0 Å². The number of nitrogens with zero attached hydrogens (tertiary/aromatic N) is 1. The Hall–Kier alpha value is -0.610. The predicted octanol–water partition coefficient (Wildman–Crippen LogP) is 2.13. The van der Waals surface area contributed by atoms with Crippen LogP contribution in [0.3, 0.4) is 0 Å². The van der Waals surface area contributed by atoms with Gasteiger partial charge in [-0.25, -0.2) is 0 Å². The summed E-state index contributed by atoms with van der Waals surface area (Å²) in [5, 5.41) is 9.25. The number of carbonyl (C=O) groups is 1. The highest BCUT2D eigenvalue weighted by atomic mass is 16.5. The SMILES string of the molecule is CCCCC(C(=O)O)N1CCC(OCC)CC1. The predicted molar refractivity (Wildman–Crippen MR) is 67.2 cm³/mol. The third kappa shape index (κ3) is 4.64. The van der Waals surface area contributed by atoms with Crippen LogP contribution in [0.25, 0.3) is 0 Å². The van der Waals surface area contributed by atoms with E-state index in [1.807, 2.05) is 6.92 Å². The number of piperidine rings is 1. The molecule has 100 valence electrons. The Labute approximate surface area is 104 Å². The normalized spacial score (nSPS) is 20.4. The van der Waals surface area contributed by atoms with Crippen LogP contribution in [0.4, 0.5) is 0 Å². The molecule has 17 heavy (non-hydrogen) atoms. The van der Waals surface area contributed by atoms with Crippen LogP contribution in [0.5, 0.6) is 0 Å². The van der Waals surface area contributed by atoms with E-state index in [0.29, 0.717) is 6.10 Å². The second kappa shape index (κ2) is 7.67. The highest BCUT2D eigenvalue weighted by molar-refractivity contribution is 5.73. The van der Waals surface area contributed by atoms with Crippen molar-refractivity contribution in [3.05, 3.63) is 0 Å². The monoisotopic (exact) mass is 243 g/mol. The van der Waals surface area contributed by atoms with Gasteiger partial charge in [0.2, 0.25) is 0 Å². The van der Waals surface area contributed by atoms with E-state index in [9.17, 15) is 9.90 Å². The first-order chi connectivity index (χ1) is 8.19. The van der Waals surface area contributed by atoms with Crippen LogP contribution in [-0.2, 0) is 9.53 Å². The Morgan fingerprint density at radius 3 is 2.53 bits per heavy atom. The second-order valence-corrected chi connectivity index (χ2v) is 4.69. The molecule has 1 saturated heterocycles. The molecular weight excluding hydrogens is 218 g/mol. The topological polar surface area (TPSA) is 49.8 Å². The van der Waals surface area contributed by atoms with E-state index in [4.69, 9.17) is 4.74 Å². The number of rotatable bonds is 7. The molecule has 4 nitrogen and oxygen atoms in total. The van der Waals surface area contributed by atoms with Crippen LogP contribution in [0.15, 0.2) is 0 Å². The maximum absolute atomic E-state index is 11.2. The van der Waals surface area contributed by atoms with Crippen LogP contribution in [0.2, 0.25) is 0 Å². The number of unbranched alkanes of at least 4 members (excludes halogenated alkanes) is 1. The molecule has 0 aromatic rings. The van der Waals surface area contributed by atoms with Gasteiger partial charge in [0.05, 0.1) is 6.10 Å². The molecule has 0 aromatic heterocycles. The number of ether oxygens (including phenoxy) is 1. The number of likely N-dealkylation sites (tertiary alicyclic amines) is 1. The zero-order chi connectivity index (χ0) is 12.7. The largest absolute Gasteiger partial charge is 0.480 e. The van der Waals surface area contributed by atoms with Crippen molar-refractivity contribution in [3.63, 3.8) is 0 Å². The molecule has 0 aromatic carbocycles. The first-order valence-corrected chi connectivity index (χ1v) is 6.77. The quantitative estimate of drug-likeness (QED) is 0.744. The van der Waals surface area contributed by atoms with Gasteiger partial charge in [-0.2, -0.15) is 0 Å². The van der Waals surface area contributed by atoms with E-state index in [1.54, 1.807) is 0 Å². The highest BCUT2D eigenvalue weighted by Crippen LogP contribution is 2.18. The summed E-state index contributed by atoms with van der Waals surface area (Å²) in [6.45, 7) is 6.56. The van der Waals surface area contributed by atoms with E-state index in [-0.39, 0.29) is 6.04 Å². The standard InChI is InChI=1S/C13H25NO3/c1-3-5-6-12(13(15)16)14-9-7-11(8-10-14)17-4-2/h11-12H,3-10H2,1-2H3,(H,15,16). The lowest BCUT2D eigenvalue weighted by Gasteiger charge is -2.35. The van der Waals surface area contributed by atoms with Crippen LogP contribution in [-0.4, -0.2) is 47.8 Å². The van der Waals surface area contributed by atoms with E-state index >= 15 is 0 Å². The molecule has 0 radical (unpaired) electrons. The Morgan fingerprint density at radius 1 is 1.41 bits per heavy atom. The summed E-state index contributed by atoms with van der Waals surface area (Å²) in [5.41, 5.74) is 0. The van der Waals surface area contributed by atoms with Crippen LogP contribution >= 0.6 is 0 Å². The van der Waals surface area contributed by atoms with Gasteiger partial charge in [0, 0.05) is 19.7 Å². The lowest BCUT2D eigenvalue weighted by molar-refractivity contribution is -0.144. The first kappa shape index (κ1) is 14.5. The smallest absolute Gasteiger partial charge is 0.320 e. The van der Waals surface area contributed by atoms with Gasteiger partial charge in [0.15, 0.2) is 0 Å². The fraction of sp³-hybridized carbons (Fsp3) is 0.923. The third-order valence-corrected chi connectivity index (χ3v) is 3.44. The molecule has 1 N–H and O–H groups in total. The minimum atomic E-state index is -0.673. The molecule has 0 aliphatic carbocycles. The number of aliphatic carboxylic acids is 1. The summed E-state index contributed by atoms with van der Waals surface area (Å²) >= 11 is 0. The van der Waals surface area contributed by atoms with E-state index in [0.717, 1.165) is 51.8 Å². The first-order valence-electron chi connectivity index (χ1n) is 6.77. The second-order valence-electron chi connectivity index (χ2n) is 4.69. The molecule has 0 amide bonds. The molecular formula is C13H25NO3. The minimum Gasteiger partial charge on any atom is -0.480 e. The van der Waals surface area contributed by atoms with Crippen molar-refractivity contribution in [2.24, 2.45) is 0 Å². The van der Waals surface area contributed by atoms with Crippen molar-refractivity contribution in [1.82, 2.24) is 4.90 Å². The summed E-state index contributed by atoms with van der Waals surface area (Å²) < 4.78 is 5.58. The summed E-state index contributed by atoms with van der Waals surface area (Å²) in [6.07, 6.45) is 5.07. The molecule has 1 rings (SSSR count). The van der Waals surface area contributed by atoms with Gasteiger partial charge >= 0.3 is 5.97 Å². The Morgan fingerprint density at radius 2 is 2.06 bits per heavy atom. The molecule has 1 aliphatic heterocycles.